The molecule has 1 aromatic carbocycles. The number of primary amides is 1. The third-order valence-electron chi connectivity index (χ3n) is 2.85. The summed E-state index contributed by atoms with van der Waals surface area (Å²) in [6, 6.07) is 5.76. The number of carbonyl (C=O) groups is 3. The number of hydrogen-bond donors (Lipinski definition) is 2. The highest BCUT2D eigenvalue weighted by Gasteiger charge is 2.18. The lowest BCUT2D eigenvalue weighted by molar-refractivity contribution is -0.119. The van der Waals surface area contributed by atoms with E-state index in [2.05, 4.69) is 5.32 Å². The summed E-state index contributed by atoms with van der Waals surface area (Å²) >= 11 is 6.36. The molecule has 0 saturated carbocycles. The lowest BCUT2D eigenvalue weighted by Crippen LogP contribution is -2.42. The molecule has 0 aliphatic heterocycles. The molecule has 0 bridgehead atoms. The quantitative estimate of drug-likeness (QED) is 0.322. The van der Waals surface area contributed by atoms with Crippen molar-refractivity contribution < 1.29 is 19.1 Å². The van der Waals surface area contributed by atoms with Gasteiger partial charge in [-0.1, -0.05) is 12.1 Å². The summed E-state index contributed by atoms with van der Waals surface area (Å²) in [6.45, 7) is 1.77. The van der Waals surface area contributed by atoms with Crippen LogP contribution in [-0.2, 0) is 9.53 Å². The molecule has 126 valence electrons. The maximum absolute atomic E-state index is 12.2. The Morgan fingerprint density at radius 1 is 1.30 bits per heavy atom. The molecule has 23 heavy (non-hydrogen) atoms. The average Bonchev–Trinajstić information content (AvgIpc) is 2.51. The number of alkyl halides is 1. The van der Waals surface area contributed by atoms with Gasteiger partial charge in [0.25, 0.3) is 5.91 Å². The summed E-state index contributed by atoms with van der Waals surface area (Å²) < 4.78 is 5.06. The highest BCUT2D eigenvalue weighted by molar-refractivity contribution is 8.13. The van der Waals surface area contributed by atoms with Crippen molar-refractivity contribution in [3.05, 3.63) is 29.8 Å². The van der Waals surface area contributed by atoms with Crippen LogP contribution < -0.4 is 11.1 Å². The molecule has 0 radical (unpaired) electrons. The number of unbranched alkanes of at least 4 members (excludes halogenated alkanes) is 1. The Bertz CT molecular complexity index is 568. The third-order valence-corrected chi connectivity index (χ3v) is 3.97. The van der Waals surface area contributed by atoms with Gasteiger partial charge in [-0.3, -0.25) is 9.59 Å². The normalized spacial score (nSPS) is 11.6. The Labute approximate surface area is 144 Å². The van der Waals surface area contributed by atoms with Crippen molar-refractivity contribution in [2.75, 3.05) is 12.5 Å². The Morgan fingerprint density at radius 2 is 2.00 bits per heavy atom. The Morgan fingerprint density at radius 3 is 2.65 bits per heavy atom. The van der Waals surface area contributed by atoms with Crippen molar-refractivity contribution in [1.29, 1.82) is 0 Å². The van der Waals surface area contributed by atoms with Gasteiger partial charge in [0.2, 0.25) is 5.91 Å². The number of thioether (sulfide) groups is 1. The maximum Gasteiger partial charge on any atom is 0.372 e. The fourth-order valence-corrected chi connectivity index (χ4v) is 2.49. The molecule has 1 rings (SSSR count). The van der Waals surface area contributed by atoms with Crippen LogP contribution in [0.1, 0.15) is 30.1 Å². The summed E-state index contributed by atoms with van der Waals surface area (Å²) in [4.78, 5) is 35.4. The van der Waals surface area contributed by atoms with Crippen LogP contribution in [0.4, 0.5) is 4.79 Å². The predicted octanol–water partition coefficient (Wildman–Crippen LogP) is 2.54. The van der Waals surface area contributed by atoms with Crippen molar-refractivity contribution in [2.45, 2.75) is 30.7 Å². The molecule has 0 unspecified atom stereocenters. The summed E-state index contributed by atoms with van der Waals surface area (Å²) in [6.07, 6.45) is 1.46. The zero-order valence-corrected chi connectivity index (χ0v) is 14.3. The van der Waals surface area contributed by atoms with Gasteiger partial charge < -0.3 is 15.8 Å². The number of nitrogens with one attached hydrogen (secondary N) is 1. The highest BCUT2D eigenvalue weighted by Crippen LogP contribution is 2.24. The predicted molar refractivity (Wildman–Crippen MR) is 89.7 cm³/mol. The van der Waals surface area contributed by atoms with E-state index in [1.807, 2.05) is 0 Å². The molecule has 0 aliphatic rings. The first-order valence-corrected chi connectivity index (χ1v) is 8.40. The number of carbonyl (C=O) groups excluding carboxylic acids is 3. The van der Waals surface area contributed by atoms with Crippen molar-refractivity contribution in [3.63, 3.8) is 0 Å². The van der Waals surface area contributed by atoms with Crippen LogP contribution in [0.2, 0.25) is 0 Å². The van der Waals surface area contributed by atoms with E-state index in [-0.39, 0.29) is 12.2 Å². The largest absolute Gasteiger partial charge is 0.457 e. The van der Waals surface area contributed by atoms with Crippen molar-refractivity contribution in [2.24, 2.45) is 5.73 Å². The van der Waals surface area contributed by atoms with Crippen LogP contribution in [0.25, 0.3) is 0 Å². The minimum atomic E-state index is -0.803. The van der Waals surface area contributed by atoms with Gasteiger partial charge in [-0.25, -0.2) is 4.79 Å². The van der Waals surface area contributed by atoms with Gasteiger partial charge in [0.1, 0.15) is 6.04 Å². The van der Waals surface area contributed by atoms with Crippen molar-refractivity contribution in [3.8, 4) is 0 Å². The first kappa shape index (κ1) is 19.3. The summed E-state index contributed by atoms with van der Waals surface area (Å²) in [5.74, 6) is -0.595. The summed E-state index contributed by atoms with van der Waals surface area (Å²) in [5.41, 5.74) is 5.40. The maximum atomic E-state index is 12.2. The van der Waals surface area contributed by atoms with E-state index >= 15 is 0 Å². The standard InChI is InChI=1S/C15H19ClN2O4S/c1-10(13(17)19)18-14(20)11-6-2-3-7-12(11)23-15(21)22-9-5-4-8-16/h2-3,6-7,10H,4-5,8-9H2,1H3,(H2,17,19)(H,18,20)/t10-/m1/s1. The van der Waals surface area contributed by atoms with Crippen molar-refractivity contribution >= 4 is 40.5 Å². The Hall–Kier alpha value is -1.73. The number of benzene rings is 1. The zero-order chi connectivity index (χ0) is 17.2. The van der Waals surface area contributed by atoms with E-state index in [0.717, 1.165) is 18.2 Å². The monoisotopic (exact) mass is 358 g/mol. The molecule has 0 saturated heterocycles. The molecule has 0 heterocycles. The van der Waals surface area contributed by atoms with Gasteiger partial charge in [0.05, 0.1) is 12.2 Å². The van der Waals surface area contributed by atoms with E-state index in [0.29, 0.717) is 17.2 Å². The van der Waals surface area contributed by atoms with Crippen LogP contribution in [-0.4, -0.2) is 35.6 Å². The number of nitrogens with two attached hydrogens (primary N) is 1. The smallest absolute Gasteiger partial charge is 0.372 e. The Balaban J connectivity index is 2.68. The molecule has 2 amide bonds. The SMILES string of the molecule is C[C@@H](NC(=O)c1ccccc1SC(=O)OCCCCCl)C(N)=O. The van der Waals surface area contributed by atoms with Gasteiger partial charge >= 0.3 is 5.30 Å². The van der Waals surface area contributed by atoms with Crippen LogP contribution in [0.15, 0.2) is 29.2 Å². The molecule has 6 nitrogen and oxygen atoms in total. The number of rotatable bonds is 8. The second-order valence-electron chi connectivity index (χ2n) is 4.69. The topological polar surface area (TPSA) is 98.5 Å². The molecule has 3 N–H and O–H groups in total. The van der Waals surface area contributed by atoms with E-state index in [9.17, 15) is 14.4 Å². The van der Waals surface area contributed by atoms with Gasteiger partial charge in [0, 0.05) is 10.8 Å². The molecule has 8 heteroatoms. The first-order chi connectivity index (χ1) is 11.0. The van der Waals surface area contributed by atoms with Crippen LogP contribution in [0.3, 0.4) is 0 Å². The van der Waals surface area contributed by atoms with E-state index in [1.165, 1.54) is 6.92 Å². The molecule has 0 fully saturated rings. The second-order valence-corrected chi connectivity index (χ2v) is 6.05. The average molecular weight is 359 g/mol. The highest BCUT2D eigenvalue weighted by atomic mass is 35.5. The fraction of sp³-hybridized carbons (Fsp3) is 0.400. The number of amides is 2. The number of ether oxygens (including phenoxy) is 1. The second kappa shape index (κ2) is 10.1. The third kappa shape index (κ3) is 6.92. The van der Waals surface area contributed by atoms with Crippen LogP contribution in [0, 0.1) is 0 Å². The fourth-order valence-electron chi connectivity index (χ4n) is 1.56. The zero-order valence-electron chi connectivity index (χ0n) is 12.7. The summed E-state index contributed by atoms with van der Waals surface area (Å²) in [7, 11) is 0. The van der Waals surface area contributed by atoms with Gasteiger partial charge in [-0.05, 0) is 43.7 Å². The lowest BCUT2D eigenvalue weighted by atomic mass is 10.2. The number of halogens is 1. The molecule has 0 aliphatic carbocycles. The molecule has 1 aromatic rings. The minimum Gasteiger partial charge on any atom is -0.457 e. The van der Waals surface area contributed by atoms with Gasteiger partial charge in [-0.15, -0.1) is 11.6 Å². The van der Waals surface area contributed by atoms with Gasteiger partial charge in [-0.2, -0.15) is 0 Å². The number of hydrogen-bond acceptors (Lipinski definition) is 5. The van der Waals surface area contributed by atoms with Crippen LogP contribution >= 0.6 is 23.4 Å². The molecule has 0 aromatic heterocycles. The molecule has 0 spiro atoms. The lowest BCUT2D eigenvalue weighted by Gasteiger charge is -2.12. The molecular formula is C15H19ClN2O4S. The van der Waals surface area contributed by atoms with E-state index in [4.69, 9.17) is 22.1 Å². The Kier molecular flexibility index (Phi) is 8.50. The summed E-state index contributed by atoms with van der Waals surface area (Å²) in [5, 5.41) is 1.98. The van der Waals surface area contributed by atoms with Gasteiger partial charge in [0.15, 0.2) is 0 Å². The van der Waals surface area contributed by atoms with Crippen LogP contribution in [0.5, 0.6) is 0 Å². The molecular weight excluding hydrogens is 340 g/mol. The van der Waals surface area contributed by atoms with E-state index in [1.54, 1.807) is 24.3 Å². The minimum absolute atomic E-state index is 0.281. The first-order valence-electron chi connectivity index (χ1n) is 7.05. The van der Waals surface area contributed by atoms with Crippen molar-refractivity contribution in [1.82, 2.24) is 5.32 Å². The molecule has 1 atom stereocenters. The van der Waals surface area contributed by atoms with E-state index < -0.39 is 23.2 Å².